The normalized spacial score (nSPS) is 18.8. The Bertz CT molecular complexity index is 1050. The van der Waals surface area contributed by atoms with E-state index in [2.05, 4.69) is 74.4 Å². The first kappa shape index (κ1) is 19.7. The monoisotopic (exact) mass is 413 g/mol. The third-order valence-electron chi connectivity index (χ3n) is 6.20. The Morgan fingerprint density at radius 2 is 1.77 bits per heavy atom. The van der Waals surface area contributed by atoms with E-state index in [-0.39, 0.29) is 11.9 Å². The first-order valence-electron chi connectivity index (χ1n) is 10.9. The van der Waals surface area contributed by atoms with Gasteiger partial charge in [-0.3, -0.25) is 14.7 Å². The standard InChI is InChI=1S/C25H27N5O/c1-19-13-27-23(14-26-19)25(31)29-16-21-9-5-6-10-24(21)30-12-11-28(17-22(30)18-29)15-20-7-3-2-4-8-20/h2-10,13-14,22H,11-12,15-18H2,1H3. The maximum atomic E-state index is 13.3. The topological polar surface area (TPSA) is 52.6 Å². The van der Waals surface area contributed by atoms with Crippen LogP contribution in [0.2, 0.25) is 0 Å². The summed E-state index contributed by atoms with van der Waals surface area (Å²) < 4.78 is 0. The Hall–Kier alpha value is -3.25. The fourth-order valence-electron chi connectivity index (χ4n) is 4.65. The predicted octanol–water partition coefficient (Wildman–Crippen LogP) is 3.13. The van der Waals surface area contributed by atoms with Gasteiger partial charge in [0.1, 0.15) is 5.69 Å². The van der Waals surface area contributed by atoms with Crippen molar-refractivity contribution in [3.05, 3.63) is 89.5 Å². The number of aromatic nitrogens is 2. The third-order valence-corrected chi connectivity index (χ3v) is 6.20. The van der Waals surface area contributed by atoms with E-state index in [1.807, 2.05) is 11.8 Å². The van der Waals surface area contributed by atoms with Crippen molar-refractivity contribution in [2.45, 2.75) is 26.1 Å². The van der Waals surface area contributed by atoms with Crippen molar-refractivity contribution in [1.29, 1.82) is 0 Å². The molecule has 2 aliphatic heterocycles. The molecule has 2 aliphatic rings. The number of rotatable bonds is 3. The minimum absolute atomic E-state index is 0.0515. The van der Waals surface area contributed by atoms with Gasteiger partial charge in [-0.05, 0) is 24.1 Å². The highest BCUT2D eigenvalue weighted by Gasteiger charge is 2.34. The van der Waals surface area contributed by atoms with Crippen LogP contribution in [0.15, 0.2) is 67.0 Å². The molecule has 6 nitrogen and oxygen atoms in total. The number of piperazine rings is 1. The van der Waals surface area contributed by atoms with Crippen LogP contribution in [-0.4, -0.2) is 57.9 Å². The Balaban J connectivity index is 1.41. The second kappa shape index (κ2) is 8.47. The maximum absolute atomic E-state index is 13.3. The summed E-state index contributed by atoms with van der Waals surface area (Å²) in [7, 11) is 0. The van der Waals surface area contributed by atoms with E-state index in [0.29, 0.717) is 18.8 Å². The summed E-state index contributed by atoms with van der Waals surface area (Å²) >= 11 is 0. The number of anilines is 1. The summed E-state index contributed by atoms with van der Waals surface area (Å²) in [5, 5.41) is 0. The van der Waals surface area contributed by atoms with Gasteiger partial charge in [0.25, 0.3) is 5.91 Å². The molecule has 1 unspecified atom stereocenters. The van der Waals surface area contributed by atoms with Crippen LogP contribution in [0, 0.1) is 6.92 Å². The zero-order valence-corrected chi connectivity index (χ0v) is 17.8. The molecule has 3 aromatic rings. The minimum Gasteiger partial charge on any atom is -0.364 e. The molecule has 2 aromatic carbocycles. The Morgan fingerprint density at radius 1 is 0.968 bits per heavy atom. The van der Waals surface area contributed by atoms with Crippen molar-refractivity contribution < 1.29 is 4.79 Å². The lowest BCUT2D eigenvalue weighted by molar-refractivity contribution is 0.0712. The van der Waals surface area contributed by atoms with Crippen LogP contribution in [0.5, 0.6) is 0 Å². The first-order valence-corrected chi connectivity index (χ1v) is 10.9. The third kappa shape index (κ3) is 4.16. The molecule has 158 valence electrons. The Kier molecular flexibility index (Phi) is 5.38. The fourth-order valence-corrected chi connectivity index (χ4v) is 4.65. The zero-order chi connectivity index (χ0) is 21.2. The molecule has 1 amide bonds. The largest absolute Gasteiger partial charge is 0.364 e. The number of benzene rings is 2. The molecule has 1 atom stereocenters. The summed E-state index contributed by atoms with van der Waals surface area (Å²) in [5.74, 6) is -0.0515. The lowest BCUT2D eigenvalue weighted by Gasteiger charge is -2.43. The Morgan fingerprint density at radius 3 is 2.58 bits per heavy atom. The molecule has 1 aromatic heterocycles. The molecule has 0 aliphatic carbocycles. The molecule has 0 spiro atoms. The van der Waals surface area contributed by atoms with E-state index in [1.165, 1.54) is 16.8 Å². The number of hydrogen-bond acceptors (Lipinski definition) is 5. The second-order valence-corrected chi connectivity index (χ2v) is 8.43. The highest BCUT2D eigenvalue weighted by molar-refractivity contribution is 5.92. The van der Waals surface area contributed by atoms with Crippen LogP contribution in [0.25, 0.3) is 0 Å². The number of hydrogen-bond donors (Lipinski definition) is 0. The molecule has 31 heavy (non-hydrogen) atoms. The number of aryl methyl sites for hydroxylation is 1. The molecule has 3 heterocycles. The minimum atomic E-state index is -0.0515. The zero-order valence-electron chi connectivity index (χ0n) is 17.8. The number of fused-ring (bicyclic) bond motifs is 3. The lowest BCUT2D eigenvalue weighted by atomic mass is 10.1. The van der Waals surface area contributed by atoms with Gasteiger partial charge in [-0.1, -0.05) is 48.5 Å². The first-order chi connectivity index (χ1) is 15.2. The number of carbonyl (C=O) groups is 1. The highest BCUT2D eigenvalue weighted by Crippen LogP contribution is 2.30. The van der Waals surface area contributed by atoms with Gasteiger partial charge in [0.2, 0.25) is 0 Å². The highest BCUT2D eigenvalue weighted by atomic mass is 16.2. The molecule has 0 bridgehead atoms. The van der Waals surface area contributed by atoms with Crippen LogP contribution in [0.4, 0.5) is 5.69 Å². The van der Waals surface area contributed by atoms with Crippen molar-refractivity contribution >= 4 is 11.6 Å². The molecule has 0 radical (unpaired) electrons. The molecule has 1 saturated heterocycles. The number of para-hydroxylation sites is 1. The lowest BCUT2D eigenvalue weighted by Crippen LogP contribution is -2.56. The van der Waals surface area contributed by atoms with Crippen molar-refractivity contribution in [2.24, 2.45) is 0 Å². The van der Waals surface area contributed by atoms with E-state index in [0.717, 1.165) is 31.9 Å². The van der Waals surface area contributed by atoms with E-state index in [1.54, 1.807) is 12.4 Å². The van der Waals surface area contributed by atoms with Gasteiger partial charge in [0.15, 0.2) is 0 Å². The number of amides is 1. The fraction of sp³-hybridized carbons (Fsp3) is 0.320. The van der Waals surface area contributed by atoms with Gasteiger partial charge in [-0.15, -0.1) is 0 Å². The van der Waals surface area contributed by atoms with Gasteiger partial charge >= 0.3 is 0 Å². The number of nitrogens with zero attached hydrogens (tertiary/aromatic N) is 5. The molecule has 1 fully saturated rings. The molecule has 0 N–H and O–H groups in total. The Labute approximate surface area is 183 Å². The average Bonchev–Trinajstić information content (AvgIpc) is 2.96. The van der Waals surface area contributed by atoms with E-state index >= 15 is 0 Å². The van der Waals surface area contributed by atoms with Gasteiger partial charge in [-0.25, -0.2) is 4.98 Å². The van der Waals surface area contributed by atoms with E-state index < -0.39 is 0 Å². The summed E-state index contributed by atoms with van der Waals surface area (Å²) in [6.45, 7) is 6.98. The SMILES string of the molecule is Cc1cnc(C(=O)N2Cc3ccccc3N3CCN(Cc4ccccc4)CC3C2)cn1. The van der Waals surface area contributed by atoms with Crippen molar-refractivity contribution in [2.75, 3.05) is 31.1 Å². The van der Waals surface area contributed by atoms with Crippen LogP contribution in [0.1, 0.15) is 27.3 Å². The smallest absolute Gasteiger partial charge is 0.274 e. The van der Waals surface area contributed by atoms with Crippen molar-refractivity contribution in [3.8, 4) is 0 Å². The van der Waals surface area contributed by atoms with Crippen LogP contribution >= 0.6 is 0 Å². The van der Waals surface area contributed by atoms with Gasteiger partial charge in [-0.2, -0.15) is 0 Å². The van der Waals surface area contributed by atoms with Crippen LogP contribution < -0.4 is 4.90 Å². The second-order valence-electron chi connectivity index (χ2n) is 8.43. The molecule has 0 saturated carbocycles. The summed E-state index contributed by atoms with van der Waals surface area (Å²) in [4.78, 5) is 28.9. The van der Waals surface area contributed by atoms with Crippen LogP contribution in [0.3, 0.4) is 0 Å². The van der Waals surface area contributed by atoms with Crippen LogP contribution in [-0.2, 0) is 13.1 Å². The van der Waals surface area contributed by atoms with Gasteiger partial charge < -0.3 is 9.80 Å². The molecular formula is C25H27N5O. The van der Waals surface area contributed by atoms with Crippen molar-refractivity contribution in [1.82, 2.24) is 19.8 Å². The summed E-state index contributed by atoms with van der Waals surface area (Å²) in [5.41, 5.74) is 4.99. The van der Waals surface area contributed by atoms with Gasteiger partial charge in [0.05, 0.1) is 17.9 Å². The van der Waals surface area contributed by atoms with Gasteiger partial charge in [0, 0.05) is 51.2 Å². The summed E-state index contributed by atoms with van der Waals surface area (Å²) in [6, 6.07) is 19.3. The molecule has 6 heteroatoms. The summed E-state index contributed by atoms with van der Waals surface area (Å²) in [6.07, 6.45) is 3.25. The predicted molar refractivity (Wildman–Crippen MR) is 121 cm³/mol. The molecular weight excluding hydrogens is 386 g/mol. The maximum Gasteiger partial charge on any atom is 0.274 e. The van der Waals surface area contributed by atoms with Crippen molar-refractivity contribution in [3.63, 3.8) is 0 Å². The number of carbonyl (C=O) groups excluding carboxylic acids is 1. The quantitative estimate of drug-likeness (QED) is 0.660. The van der Waals surface area contributed by atoms with E-state index in [9.17, 15) is 4.79 Å². The van der Waals surface area contributed by atoms with E-state index in [4.69, 9.17) is 0 Å². The molecule has 5 rings (SSSR count). The average molecular weight is 414 g/mol.